The zero-order valence-electron chi connectivity index (χ0n) is 10.2. The fourth-order valence-corrected chi connectivity index (χ4v) is 1.86. The molecule has 2 rings (SSSR count). The van der Waals surface area contributed by atoms with Crippen molar-refractivity contribution in [2.45, 2.75) is 19.8 Å². The lowest BCUT2D eigenvalue weighted by molar-refractivity contribution is 0.862. The van der Waals surface area contributed by atoms with Gasteiger partial charge in [-0.3, -0.25) is 4.98 Å². The van der Waals surface area contributed by atoms with Crippen LogP contribution in [0.4, 0.5) is 5.69 Å². The predicted octanol–water partition coefficient (Wildman–Crippen LogP) is 3.43. The van der Waals surface area contributed by atoms with Crippen molar-refractivity contribution >= 4 is 5.69 Å². The molecule has 1 aromatic heterocycles. The van der Waals surface area contributed by atoms with Gasteiger partial charge in [-0.05, 0) is 37.5 Å². The summed E-state index contributed by atoms with van der Waals surface area (Å²) in [5, 5.41) is 3.39. The highest BCUT2D eigenvalue weighted by Gasteiger charge is 1.94. The van der Waals surface area contributed by atoms with Crippen molar-refractivity contribution in [3.63, 3.8) is 0 Å². The number of pyridine rings is 1. The lowest BCUT2D eigenvalue weighted by Crippen LogP contribution is -2.02. The van der Waals surface area contributed by atoms with Crippen molar-refractivity contribution in [2.75, 3.05) is 11.9 Å². The van der Waals surface area contributed by atoms with Crippen LogP contribution in [-0.4, -0.2) is 11.5 Å². The van der Waals surface area contributed by atoms with Crippen LogP contribution in [0.15, 0.2) is 48.8 Å². The molecule has 1 N–H and O–H groups in total. The van der Waals surface area contributed by atoms with Gasteiger partial charge in [0.1, 0.15) is 0 Å². The van der Waals surface area contributed by atoms with Crippen LogP contribution in [0, 0.1) is 6.92 Å². The largest absolute Gasteiger partial charge is 0.385 e. The molecule has 88 valence electrons. The number of hydrogen-bond donors (Lipinski definition) is 1. The van der Waals surface area contributed by atoms with Crippen molar-refractivity contribution in [1.29, 1.82) is 0 Å². The Morgan fingerprint density at radius 3 is 2.71 bits per heavy atom. The molecular formula is C15H18N2. The zero-order valence-corrected chi connectivity index (χ0v) is 10.2. The average molecular weight is 226 g/mol. The molecule has 17 heavy (non-hydrogen) atoms. The molecule has 0 amide bonds. The van der Waals surface area contributed by atoms with Gasteiger partial charge in [0.2, 0.25) is 0 Å². The number of benzene rings is 1. The van der Waals surface area contributed by atoms with E-state index in [9.17, 15) is 0 Å². The van der Waals surface area contributed by atoms with Crippen molar-refractivity contribution in [1.82, 2.24) is 4.98 Å². The molecule has 0 unspecified atom stereocenters. The molecule has 1 aromatic carbocycles. The van der Waals surface area contributed by atoms with Gasteiger partial charge in [-0.25, -0.2) is 0 Å². The summed E-state index contributed by atoms with van der Waals surface area (Å²) in [5.74, 6) is 0. The van der Waals surface area contributed by atoms with Crippen LogP contribution in [-0.2, 0) is 6.42 Å². The first-order valence-electron chi connectivity index (χ1n) is 6.04. The van der Waals surface area contributed by atoms with Crippen LogP contribution >= 0.6 is 0 Å². The molecule has 0 fully saturated rings. The first kappa shape index (κ1) is 11.6. The number of hydrogen-bond acceptors (Lipinski definition) is 2. The van der Waals surface area contributed by atoms with E-state index in [-0.39, 0.29) is 0 Å². The second-order valence-corrected chi connectivity index (χ2v) is 4.26. The molecule has 0 saturated heterocycles. The van der Waals surface area contributed by atoms with Crippen molar-refractivity contribution in [3.8, 4) is 0 Å². The van der Waals surface area contributed by atoms with E-state index < -0.39 is 0 Å². The molecule has 0 aliphatic heterocycles. The van der Waals surface area contributed by atoms with Gasteiger partial charge in [-0.15, -0.1) is 0 Å². The number of aromatic nitrogens is 1. The summed E-state index contributed by atoms with van der Waals surface area (Å²) in [4.78, 5) is 3.99. The molecule has 2 nitrogen and oxygen atoms in total. The van der Waals surface area contributed by atoms with E-state index in [0.717, 1.165) is 25.1 Å². The Kier molecular flexibility index (Phi) is 4.14. The van der Waals surface area contributed by atoms with Crippen LogP contribution in [0.3, 0.4) is 0 Å². The van der Waals surface area contributed by atoms with E-state index in [4.69, 9.17) is 0 Å². The molecule has 0 spiro atoms. The van der Waals surface area contributed by atoms with Crippen LogP contribution in [0.5, 0.6) is 0 Å². The third-order valence-corrected chi connectivity index (χ3v) is 2.73. The maximum absolute atomic E-state index is 3.99. The van der Waals surface area contributed by atoms with E-state index in [2.05, 4.69) is 41.5 Å². The smallest absolute Gasteiger partial charge is 0.0371 e. The average Bonchev–Trinajstić information content (AvgIpc) is 2.36. The van der Waals surface area contributed by atoms with Gasteiger partial charge in [0.25, 0.3) is 0 Å². The molecule has 0 saturated carbocycles. The minimum absolute atomic E-state index is 0.998. The first-order valence-corrected chi connectivity index (χ1v) is 6.04. The highest BCUT2D eigenvalue weighted by atomic mass is 14.9. The third-order valence-electron chi connectivity index (χ3n) is 2.73. The lowest BCUT2D eigenvalue weighted by Gasteiger charge is -2.06. The number of nitrogens with one attached hydrogen (secondary N) is 1. The topological polar surface area (TPSA) is 24.9 Å². The van der Waals surface area contributed by atoms with Gasteiger partial charge in [0.05, 0.1) is 0 Å². The minimum Gasteiger partial charge on any atom is -0.385 e. The van der Waals surface area contributed by atoms with Gasteiger partial charge in [0.15, 0.2) is 0 Å². The second-order valence-electron chi connectivity index (χ2n) is 4.26. The maximum Gasteiger partial charge on any atom is 0.0371 e. The van der Waals surface area contributed by atoms with Crippen LogP contribution < -0.4 is 5.32 Å². The molecular weight excluding hydrogens is 208 g/mol. The Labute approximate surface area is 103 Å². The summed E-state index contributed by atoms with van der Waals surface area (Å²) in [7, 11) is 0. The monoisotopic (exact) mass is 226 g/mol. The van der Waals surface area contributed by atoms with Gasteiger partial charge in [0, 0.05) is 24.6 Å². The maximum atomic E-state index is 3.99. The fourth-order valence-electron chi connectivity index (χ4n) is 1.86. The molecule has 0 aliphatic rings. The summed E-state index contributed by atoms with van der Waals surface area (Å²) in [6.45, 7) is 3.14. The Hall–Kier alpha value is -1.83. The van der Waals surface area contributed by atoms with Gasteiger partial charge >= 0.3 is 0 Å². The van der Waals surface area contributed by atoms with E-state index >= 15 is 0 Å². The second kappa shape index (κ2) is 6.04. The fraction of sp³-hybridized carbons (Fsp3) is 0.267. The zero-order chi connectivity index (χ0) is 11.9. The standard InChI is InChI=1S/C15H18N2/c1-13-4-2-5-14(12-13)6-3-9-17-15-7-10-16-11-8-15/h2,4-5,7-8,10-12H,3,6,9H2,1H3,(H,16,17). The summed E-state index contributed by atoms with van der Waals surface area (Å²) in [6.07, 6.45) is 5.89. The summed E-state index contributed by atoms with van der Waals surface area (Å²) in [5.41, 5.74) is 3.90. The van der Waals surface area contributed by atoms with Crippen molar-refractivity contribution in [2.24, 2.45) is 0 Å². The molecule has 0 atom stereocenters. The van der Waals surface area contributed by atoms with Gasteiger partial charge in [-0.1, -0.05) is 29.8 Å². The molecule has 0 bridgehead atoms. The Balaban J connectivity index is 1.73. The van der Waals surface area contributed by atoms with E-state index in [1.165, 1.54) is 11.1 Å². The highest BCUT2D eigenvalue weighted by Crippen LogP contribution is 2.07. The molecule has 1 heterocycles. The number of nitrogens with zero attached hydrogens (tertiary/aromatic N) is 1. The Bertz CT molecular complexity index is 451. The third kappa shape index (κ3) is 3.91. The Morgan fingerprint density at radius 1 is 1.12 bits per heavy atom. The summed E-state index contributed by atoms with van der Waals surface area (Å²) < 4.78 is 0. The van der Waals surface area contributed by atoms with Crippen LogP contribution in [0.25, 0.3) is 0 Å². The number of anilines is 1. The van der Waals surface area contributed by atoms with Crippen molar-refractivity contribution < 1.29 is 0 Å². The highest BCUT2D eigenvalue weighted by molar-refractivity contribution is 5.40. The lowest BCUT2D eigenvalue weighted by atomic mass is 10.1. The quantitative estimate of drug-likeness (QED) is 0.790. The first-order chi connectivity index (χ1) is 8.34. The Morgan fingerprint density at radius 2 is 1.94 bits per heavy atom. The normalized spacial score (nSPS) is 10.2. The minimum atomic E-state index is 0.998. The van der Waals surface area contributed by atoms with Crippen LogP contribution in [0.2, 0.25) is 0 Å². The number of rotatable bonds is 5. The van der Waals surface area contributed by atoms with Gasteiger partial charge in [-0.2, -0.15) is 0 Å². The van der Waals surface area contributed by atoms with Crippen molar-refractivity contribution in [3.05, 3.63) is 59.9 Å². The molecule has 2 heteroatoms. The van der Waals surface area contributed by atoms with E-state index in [1.54, 1.807) is 0 Å². The SMILES string of the molecule is Cc1cccc(CCCNc2ccncc2)c1. The summed E-state index contributed by atoms with van der Waals surface area (Å²) >= 11 is 0. The predicted molar refractivity (Wildman–Crippen MR) is 72.2 cm³/mol. The van der Waals surface area contributed by atoms with Gasteiger partial charge < -0.3 is 5.32 Å². The molecule has 0 radical (unpaired) electrons. The van der Waals surface area contributed by atoms with Crippen LogP contribution in [0.1, 0.15) is 17.5 Å². The van der Waals surface area contributed by atoms with E-state index in [1.807, 2.05) is 24.5 Å². The molecule has 0 aliphatic carbocycles. The van der Waals surface area contributed by atoms with E-state index in [0.29, 0.717) is 0 Å². The molecule has 2 aromatic rings. The number of aryl methyl sites for hydroxylation is 2. The summed E-state index contributed by atoms with van der Waals surface area (Å²) in [6, 6.07) is 12.7.